The third kappa shape index (κ3) is 9.49. The number of methoxy groups -OCH3 is 1. The van der Waals surface area contributed by atoms with Crippen molar-refractivity contribution in [3.63, 3.8) is 0 Å². The minimum absolute atomic E-state index is 0.0184. The Morgan fingerprint density at radius 3 is 2.02 bits per heavy atom. The molecule has 3 aromatic carbocycles. The van der Waals surface area contributed by atoms with Crippen LogP contribution in [0.2, 0.25) is 18.1 Å². The number of nitrogens with one attached hydrogen (secondary N) is 1. The lowest BCUT2D eigenvalue weighted by atomic mass is 9.99. The van der Waals surface area contributed by atoms with Crippen molar-refractivity contribution in [2.45, 2.75) is 75.9 Å². The summed E-state index contributed by atoms with van der Waals surface area (Å²) in [4.78, 5) is 54.7. The van der Waals surface area contributed by atoms with Crippen LogP contribution in [0.4, 0.5) is 13.2 Å². The SMILES string of the molecule is COC(=O)c1cccc(COC(=O)C(N)(C(=O)NC(Cc2ccccc2)C(O[Si](C)(C)C(C)(C)C)C(F)(F)F)n2c(-c3ccccc3)cccc2=O)c1. The number of hydrogen-bond donors (Lipinski definition) is 2. The number of nitrogens with two attached hydrogens (primary N) is 1. The molecule has 53 heavy (non-hydrogen) atoms. The van der Waals surface area contributed by atoms with Crippen LogP contribution >= 0.6 is 0 Å². The van der Waals surface area contributed by atoms with E-state index in [1.54, 1.807) is 94.5 Å². The first kappa shape index (κ1) is 40.7. The number of carbonyl (C=O) groups is 3. The zero-order valence-corrected chi connectivity index (χ0v) is 31.4. The number of nitrogens with zero attached hydrogens (tertiary/aromatic N) is 1. The molecule has 0 aliphatic heterocycles. The van der Waals surface area contributed by atoms with Gasteiger partial charge in [-0.1, -0.05) is 99.6 Å². The van der Waals surface area contributed by atoms with E-state index in [0.717, 1.165) is 6.07 Å². The van der Waals surface area contributed by atoms with Crippen molar-refractivity contribution in [1.29, 1.82) is 0 Å². The highest BCUT2D eigenvalue weighted by molar-refractivity contribution is 6.74. The summed E-state index contributed by atoms with van der Waals surface area (Å²) < 4.78 is 62.4. The molecule has 0 radical (unpaired) electrons. The lowest BCUT2D eigenvalue weighted by molar-refractivity contribution is -0.207. The van der Waals surface area contributed by atoms with Gasteiger partial charge in [-0.05, 0) is 59.4 Å². The summed E-state index contributed by atoms with van der Waals surface area (Å²) in [5.41, 5.74) is 4.07. The molecule has 1 amide bonds. The molecule has 3 N–H and O–H groups in total. The molecule has 14 heteroatoms. The van der Waals surface area contributed by atoms with Gasteiger partial charge < -0.3 is 19.2 Å². The zero-order valence-electron chi connectivity index (χ0n) is 30.4. The molecule has 0 saturated carbocycles. The Kier molecular flexibility index (Phi) is 12.5. The summed E-state index contributed by atoms with van der Waals surface area (Å²) in [6.07, 6.45) is -7.88. The maximum atomic E-state index is 15.1. The van der Waals surface area contributed by atoms with E-state index in [1.807, 2.05) is 0 Å². The van der Waals surface area contributed by atoms with Gasteiger partial charge in [0.15, 0.2) is 14.4 Å². The number of rotatable bonds is 13. The molecule has 10 nitrogen and oxygen atoms in total. The van der Waals surface area contributed by atoms with Crippen molar-refractivity contribution >= 4 is 26.2 Å². The Bertz CT molecular complexity index is 1960. The van der Waals surface area contributed by atoms with E-state index in [2.05, 4.69) is 5.32 Å². The van der Waals surface area contributed by atoms with Crippen molar-refractivity contribution in [2.75, 3.05) is 7.11 Å². The van der Waals surface area contributed by atoms with E-state index in [9.17, 15) is 19.2 Å². The van der Waals surface area contributed by atoms with Gasteiger partial charge in [0, 0.05) is 6.07 Å². The summed E-state index contributed by atoms with van der Waals surface area (Å²) in [6.45, 7) is 8.14. The van der Waals surface area contributed by atoms with E-state index in [1.165, 1.54) is 43.5 Å². The highest BCUT2D eigenvalue weighted by atomic mass is 28.4. The molecule has 1 aromatic heterocycles. The Hall–Kier alpha value is -5.05. The van der Waals surface area contributed by atoms with Crippen LogP contribution < -0.4 is 16.6 Å². The number of hydrogen-bond acceptors (Lipinski definition) is 8. The highest BCUT2D eigenvalue weighted by Crippen LogP contribution is 2.41. The van der Waals surface area contributed by atoms with Gasteiger partial charge in [0.2, 0.25) is 0 Å². The third-order valence-electron chi connectivity index (χ3n) is 9.28. The molecule has 0 saturated heterocycles. The lowest BCUT2D eigenvalue weighted by Crippen LogP contribution is -2.67. The third-order valence-corrected chi connectivity index (χ3v) is 13.7. The molecule has 0 fully saturated rings. The van der Waals surface area contributed by atoms with Gasteiger partial charge in [-0.15, -0.1) is 0 Å². The van der Waals surface area contributed by atoms with Crippen LogP contribution in [0, 0.1) is 0 Å². The minimum Gasteiger partial charge on any atom is -0.465 e. The second-order valence-electron chi connectivity index (χ2n) is 14.1. The smallest absolute Gasteiger partial charge is 0.415 e. The quantitative estimate of drug-likeness (QED) is 0.0918. The first-order chi connectivity index (χ1) is 24.8. The molecule has 4 rings (SSSR count). The summed E-state index contributed by atoms with van der Waals surface area (Å²) >= 11 is 0. The van der Waals surface area contributed by atoms with E-state index in [-0.39, 0.29) is 17.7 Å². The summed E-state index contributed by atoms with van der Waals surface area (Å²) in [7, 11) is -1.95. The second kappa shape index (κ2) is 16.3. The van der Waals surface area contributed by atoms with Gasteiger partial charge in [0.1, 0.15) is 6.61 Å². The Morgan fingerprint density at radius 1 is 0.849 bits per heavy atom. The van der Waals surface area contributed by atoms with Gasteiger partial charge in [0.05, 0.1) is 24.4 Å². The van der Waals surface area contributed by atoms with Gasteiger partial charge in [-0.2, -0.15) is 13.2 Å². The van der Waals surface area contributed by atoms with Crippen LogP contribution in [0.5, 0.6) is 0 Å². The number of carbonyl (C=O) groups excluding carboxylic acids is 3. The van der Waals surface area contributed by atoms with E-state index in [0.29, 0.717) is 21.3 Å². The average Bonchev–Trinajstić information content (AvgIpc) is 3.11. The molecular weight excluding hydrogens is 708 g/mol. The Morgan fingerprint density at radius 2 is 1.43 bits per heavy atom. The highest BCUT2D eigenvalue weighted by Gasteiger charge is 2.54. The number of halogens is 3. The zero-order chi connectivity index (χ0) is 39.2. The first-order valence-corrected chi connectivity index (χ1v) is 19.7. The first-order valence-electron chi connectivity index (χ1n) is 16.8. The van der Waals surface area contributed by atoms with Crippen LogP contribution in [0.1, 0.15) is 42.3 Å². The van der Waals surface area contributed by atoms with Gasteiger partial charge in [-0.25, -0.2) is 9.59 Å². The van der Waals surface area contributed by atoms with Gasteiger partial charge in [0.25, 0.3) is 17.1 Å². The fourth-order valence-corrected chi connectivity index (χ4v) is 6.68. The minimum atomic E-state index is -4.98. The topological polar surface area (TPSA) is 139 Å². The molecule has 0 spiro atoms. The van der Waals surface area contributed by atoms with Crippen molar-refractivity contribution < 1.29 is 41.5 Å². The fourth-order valence-electron chi connectivity index (χ4n) is 5.39. The van der Waals surface area contributed by atoms with Crippen molar-refractivity contribution in [1.82, 2.24) is 9.88 Å². The predicted octanol–water partition coefficient (Wildman–Crippen LogP) is 6.34. The molecule has 3 atom stereocenters. The second-order valence-corrected chi connectivity index (χ2v) is 18.9. The molecule has 0 aliphatic rings. The Balaban J connectivity index is 1.87. The summed E-state index contributed by atoms with van der Waals surface area (Å²) in [5, 5.41) is 1.75. The molecular formula is C39H44F3N3O7Si. The standard InChI is InChI=1S/C39H44F3N3O7Si/c1-37(2,3)53(5,6)52-33(39(40,41)42)30(24-26-15-9-7-10-16-26)44-35(48)38(43,36(49)51-25-27-17-13-20-29(23-27)34(47)50-4)45-31(21-14-22-32(45)46)28-18-11-8-12-19-28/h7-23,30,33H,24-25,43H2,1-6H3,(H,44,48). The number of benzene rings is 3. The predicted molar refractivity (Wildman–Crippen MR) is 196 cm³/mol. The van der Waals surface area contributed by atoms with Crippen LogP contribution in [-0.2, 0) is 42.2 Å². The monoisotopic (exact) mass is 751 g/mol. The maximum Gasteiger partial charge on any atom is 0.415 e. The number of ether oxygens (including phenoxy) is 2. The molecule has 0 bridgehead atoms. The number of pyridine rings is 1. The van der Waals surface area contributed by atoms with Crippen molar-refractivity contribution in [3.8, 4) is 11.3 Å². The van der Waals surface area contributed by atoms with Crippen LogP contribution in [-0.4, -0.2) is 56.2 Å². The van der Waals surface area contributed by atoms with Crippen LogP contribution in [0.3, 0.4) is 0 Å². The number of amides is 1. The van der Waals surface area contributed by atoms with E-state index >= 15 is 13.2 Å². The summed E-state index contributed by atoms with van der Waals surface area (Å²) in [6, 6.07) is 24.4. The number of aromatic nitrogens is 1. The van der Waals surface area contributed by atoms with E-state index < -0.39 is 67.4 Å². The largest absolute Gasteiger partial charge is 0.465 e. The van der Waals surface area contributed by atoms with Crippen LogP contribution in [0.15, 0.2) is 108 Å². The van der Waals surface area contributed by atoms with Crippen molar-refractivity contribution in [2.24, 2.45) is 5.73 Å². The number of esters is 2. The van der Waals surface area contributed by atoms with Crippen molar-refractivity contribution in [3.05, 3.63) is 130 Å². The number of alkyl halides is 3. The Labute approximate surface area is 307 Å². The van der Waals surface area contributed by atoms with Crippen LogP contribution in [0.25, 0.3) is 11.3 Å². The van der Waals surface area contributed by atoms with Gasteiger partial charge in [-0.3, -0.25) is 19.9 Å². The molecule has 282 valence electrons. The maximum absolute atomic E-state index is 15.1. The molecule has 4 aromatic rings. The molecule has 1 heterocycles. The lowest BCUT2D eigenvalue weighted by Gasteiger charge is -2.42. The summed E-state index contributed by atoms with van der Waals surface area (Å²) in [5.74, 6) is -3.54. The normalized spacial score (nSPS) is 14.4. The van der Waals surface area contributed by atoms with Gasteiger partial charge >= 0.3 is 18.1 Å². The molecule has 0 aliphatic carbocycles. The van der Waals surface area contributed by atoms with E-state index in [4.69, 9.17) is 19.6 Å². The average molecular weight is 752 g/mol. The fraction of sp³-hybridized carbons (Fsp3) is 0.333. The molecule has 3 unspecified atom stereocenters.